The molecule has 0 radical (unpaired) electrons. The van der Waals surface area contributed by atoms with Crippen molar-refractivity contribution < 1.29 is 4.74 Å². The van der Waals surface area contributed by atoms with Gasteiger partial charge in [0.2, 0.25) is 0 Å². The van der Waals surface area contributed by atoms with Gasteiger partial charge < -0.3 is 15.8 Å². The molecule has 18 heavy (non-hydrogen) atoms. The van der Waals surface area contributed by atoms with E-state index in [1.165, 1.54) is 0 Å². The zero-order valence-corrected chi connectivity index (χ0v) is 10.8. The van der Waals surface area contributed by atoms with E-state index in [0.29, 0.717) is 6.61 Å². The smallest absolute Gasteiger partial charge is 0.0743 e. The minimum Gasteiger partial charge on any atom is -0.399 e. The Balaban J connectivity index is 2.22. The molecule has 1 aromatic carbocycles. The summed E-state index contributed by atoms with van der Waals surface area (Å²) in [6.07, 6.45) is 1.79. The molecule has 4 heteroatoms. The standard InChI is InChI=1S/C14H19N3O/c1-3-18-9-10(2)17-13-6-7-16-14-8-11(15)4-5-12(13)14/h4-8,10H,3,9,15H2,1-2H3,(H,16,17). The molecule has 0 aliphatic heterocycles. The fraction of sp³-hybridized carbons (Fsp3) is 0.357. The summed E-state index contributed by atoms with van der Waals surface area (Å²) in [6, 6.07) is 8.00. The molecule has 0 fully saturated rings. The molecule has 1 unspecified atom stereocenters. The average Bonchev–Trinajstić information content (AvgIpc) is 2.36. The van der Waals surface area contributed by atoms with E-state index in [-0.39, 0.29) is 6.04 Å². The van der Waals surface area contributed by atoms with Gasteiger partial charge in [0.25, 0.3) is 0 Å². The van der Waals surface area contributed by atoms with Crippen LogP contribution in [0.4, 0.5) is 11.4 Å². The first-order chi connectivity index (χ1) is 8.70. The van der Waals surface area contributed by atoms with Gasteiger partial charge in [-0.15, -0.1) is 0 Å². The Hall–Kier alpha value is -1.81. The third-order valence-corrected chi connectivity index (χ3v) is 2.74. The van der Waals surface area contributed by atoms with E-state index in [9.17, 15) is 0 Å². The Kier molecular flexibility index (Phi) is 3.99. The number of anilines is 2. The van der Waals surface area contributed by atoms with Crippen molar-refractivity contribution in [1.82, 2.24) is 4.98 Å². The number of hydrogen-bond donors (Lipinski definition) is 2. The van der Waals surface area contributed by atoms with Crippen LogP contribution < -0.4 is 11.1 Å². The molecule has 0 aliphatic carbocycles. The zero-order chi connectivity index (χ0) is 13.0. The normalized spacial score (nSPS) is 12.6. The van der Waals surface area contributed by atoms with Crippen LogP contribution in [0.5, 0.6) is 0 Å². The fourth-order valence-electron chi connectivity index (χ4n) is 1.89. The van der Waals surface area contributed by atoms with Gasteiger partial charge in [0.15, 0.2) is 0 Å². The highest BCUT2D eigenvalue weighted by atomic mass is 16.5. The van der Waals surface area contributed by atoms with Gasteiger partial charge in [-0.2, -0.15) is 0 Å². The van der Waals surface area contributed by atoms with E-state index in [2.05, 4.69) is 17.2 Å². The minimum atomic E-state index is 0.258. The molecule has 4 nitrogen and oxygen atoms in total. The maximum atomic E-state index is 5.76. The molecule has 1 atom stereocenters. The van der Waals surface area contributed by atoms with Crippen LogP contribution in [0.2, 0.25) is 0 Å². The third kappa shape index (κ3) is 2.90. The number of aromatic nitrogens is 1. The summed E-state index contributed by atoms with van der Waals surface area (Å²) >= 11 is 0. The number of fused-ring (bicyclic) bond motifs is 1. The van der Waals surface area contributed by atoms with Crippen molar-refractivity contribution in [2.45, 2.75) is 19.9 Å². The molecular weight excluding hydrogens is 226 g/mol. The Morgan fingerprint density at radius 3 is 3.00 bits per heavy atom. The van der Waals surface area contributed by atoms with Crippen LogP contribution >= 0.6 is 0 Å². The Bertz CT molecular complexity index is 527. The molecule has 2 aromatic rings. The lowest BCUT2D eigenvalue weighted by Crippen LogP contribution is -2.21. The second kappa shape index (κ2) is 5.69. The van der Waals surface area contributed by atoms with Crippen molar-refractivity contribution >= 4 is 22.3 Å². The highest BCUT2D eigenvalue weighted by Gasteiger charge is 2.06. The zero-order valence-electron chi connectivity index (χ0n) is 10.8. The summed E-state index contributed by atoms with van der Waals surface area (Å²) in [5.41, 5.74) is 8.46. The minimum absolute atomic E-state index is 0.258. The third-order valence-electron chi connectivity index (χ3n) is 2.74. The molecule has 2 rings (SSSR count). The van der Waals surface area contributed by atoms with Crippen molar-refractivity contribution in [2.24, 2.45) is 0 Å². The summed E-state index contributed by atoms with van der Waals surface area (Å²) < 4.78 is 5.40. The number of nitrogens with one attached hydrogen (secondary N) is 1. The van der Waals surface area contributed by atoms with Crippen LogP contribution in [0.25, 0.3) is 10.9 Å². The first kappa shape index (κ1) is 12.6. The summed E-state index contributed by atoms with van der Waals surface area (Å²) in [5.74, 6) is 0. The van der Waals surface area contributed by atoms with Crippen molar-refractivity contribution in [3.8, 4) is 0 Å². The van der Waals surface area contributed by atoms with Gasteiger partial charge in [0, 0.05) is 35.6 Å². The van der Waals surface area contributed by atoms with Crippen molar-refractivity contribution in [1.29, 1.82) is 0 Å². The van der Waals surface area contributed by atoms with Gasteiger partial charge in [-0.1, -0.05) is 0 Å². The lowest BCUT2D eigenvalue weighted by atomic mass is 10.1. The first-order valence-electron chi connectivity index (χ1n) is 6.19. The van der Waals surface area contributed by atoms with Crippen LogP contribution in [0.15, 0.2) is 30.5 Å². The van der Waals surface area contributed by atoms with Gasteiger partial charge >= 0.3 is 0 Å². The van der Waals surface area contributed by atoms with E-state index in [1.54, 1.807) is 6.20 Å². The number of pyridine rings is 1. The molecule has 1 heterocycles. The van der Waals surface area contributed by atoms with Crippen LogP contribution in [-0.4, -0.2) is 24.2 Å². The summed E-state index contributed by atoms with van der Waals surface area (Å²) in [7, 11) is 0. The quantitative estimate of drug-likeness (QED) is 0.795. The molecule has 3 N–H and O–H groups in total. The Morgan fingerprint density at radius 2 is 2.22 bits per heavy atom. The summed E-state index contributed by atoms with van der Waals surface area (Å²) in [6.45, 7) is 5.52. The van der Waals surface area contributed by atoms with Crippen LogP contribution in [-0.2, 0) is 4.74 Å². The predicted octanol–water partition coefficient (Wildman–Crippen LogP) is 2.65. The lowest BCUT2D eigenvalue weighted by molar-refractivity contribution is 0.141. The van der Waals surface area contributed by atoms with Crippen LogP contribution in [0, 0.1) is 0 Å². The molecule has 1 aromatic heterocycles. The van der Waals surface area contributed by atoms with E-state index in [4.69, 9.17) is 10.5 Å². The number of benzene rings is 1. The molecule has 0 saturated carbocycles. The van der Waals surface area contributed by atoms with Crippen molar-refractivity contribution in [2.75, 3.05) is 24.3 Å². The Labute approximate surface area is 107 Å². The predicted molar refractivity (Wildman–Crippen MR) is 75.7 cm³/mol. The van der Waals surface area contributed by atoms with Crippen LogP contribution in [0.3, 0.4) is 0 Å². The number of ether oxygens (including phenoxy) is 1. The monoisotopic (exact) mass is 245 g/mol. The van der Waals surface area contributed by atoms with Gasteiger partial charge in [-0.05, 0) is 38.1 Å². The second-order valence-electron chi connectivity index (χ2n) is 4.34. The lowest BCUT2D eigenvalue weighted by Gasteiger charge is -2.16. The van der Waals surface area contributed by atoms with E-state index < -0.39 is 0 Å². The highest BCUT2D eigenvalue weighted by Crippen LogP contribution is 2.23. The highest BCUT2D eigenvalue weighted by molar-refractivity contribution is 5.92. The van der Waals surface area contributed by atoms with Gasteiger partial charge in [-0.25, -0.2) is 0 Å². The second-order valence-corrected chi connectivity index (χ2v) is 4.34. The van der Waals surface area contributed by atoms with Gasteiger partial charge in [0.1, 0.15) is 0 Å². The molecule has 0 spiro atoms. The van der Waals surface area contributed by atoms with Gasteiger partial charge in [0.05, 0.1) is 12.1 Å². The Morgan fingerprint density at radius 1 is 1.39 bits per heavy atom. The maximum absolute atomic E-state index is 5.76. The molecule has 0 amide bonds. The van der Waals surface area contributed by atoms with E-state index in [0.717, 1.165) is 28.9 Å². The van der Waals surface area contributed by atoms with Gasteiger partial charge in [-0.3, -0.25) is 4.98 Å². The topological polar surface area (TPSA) is 60.2 Å². The summed E-state index contributed by atoms with van der Waals surface area (Å²) in [5, 5.41) is 4.51. The molecular formula is C14H19N3O. The van der Waals surface area contributed by atoms with Crippen LogP contribution in [0.1, 0.15) is 13.8 Å². The molecule has 0 bridgehead atoms. The summed E-state index contributed by atoms with van der Waals surface area (Å²) in [4.78, 5) is 4.32. The number of rotatable bonds is 5. The largest absolute Gasteiger partial charge is 0.399 e. The first-order valence-corrected chi connectivity index (χ1v) is 6.19. The molecule has 0 saturated heterocycles. The van der Waals surface area contributed by atoms with E-state index >= 15 is 0 Å². The number of nitrogens with zero attached hydrogens (tertiary/aromatic N) is 1. The van der Waals surface area contributed by atoms with Crippen molar-refractivity contribution in [3.63, 3.8) is 0 Å². The molecule has 0 aliphatic rings. The fourth-order valence-corrected chi connectivity index (χ4v) is 1.89. The number of nitrogens with two attached hydrogens (primary N) is 1. The number of nitrogen functional groups attached to an aromatic ring is 1. The van der Waals surface area contributed by atoms with E-state index in [1.807, 2.05) is 31.2 Å². The maximum Gasteiger partial charge on any atom is 0.0743 e. The number of hydrogen-bond acceptors (Lipinski definition) is 4. The SMILES string of the molecule is CCOCC(C)Nc1ccnc2cc(N)ccc12. The van der Waals surface area contributed by atoms with Crippen molar-refractivity contribution in [3.05, 3.63) is 30.5 Å². The molecule has 96 valence electrons. The average molecular weight is 245 g/mol.